The maximum absolute atomic E-state index is 12.3. The van der Waals surface area contributed by atoms with E-state index in [4.69, 9.17) is 14.2 Å². The first-order chi connectivity index (χ1) is 14.6. The molecule has 6 nitrogen and oxygen atoms in total. The number of pyridine rings is 1. The topological polar surface area (TPSA) is 70.5 Å². The summed E-state index contributed by atoms with van der Waals surface area (Å²) in [6.07, 6.45) is -6.63. The molecule has 0 aromatic carbocycles. The molecule has 3 rings (SSSR count). The summed E-state index contributed by atoms with van der Waals surface area (Å²) in [4.78, 5) is 19.8. The third-order valence-corrected chi connectivity index (χ3v) is 5.55. The number of carbonyl (C=O) groups is 1. The van der Waals surface area contributed by atoms with Crippen molar-refractivity contribution in [3.63, 3.8) is 0 Å². The molecule has 0 N–H and O–H groups in total. The number of alkyl halides is 5. The summed E-state index contributed by atoms with van der Waals surface area (Å²) in [5, 5.41) is 0.116. The van der Waals surface area contributed by atoms with Crippen LogP contribution in [0.3, 0.4) is 0 Å². The molecule has 2 aromatic rings. The summed E-state index contributed by atoms with van der Waals surface area (Å²) in [5.41, 5.74) is 0.525. The normalized spacial score (nSPS) is 20.0. The average molecular weight is 468 g/mol. The predicted molar refractivity (Wildman–Crippen MR) is 102 cm³/mol. The van der Waals surface area contributed by atoms with E-state index in [1.54, 1.807) is 19.1 Å². The van der Waals surface area contributed by atoms with Gasteiger partial charge in [0.15, 0.2) is 11.4 Å². The minimum Gasteiger partial charge on any atom is -0.477 e. The molecule has 12 heteroatoms. The summed E-state index contributed by atoms with van der Waals surface area (Å²) < 4.78 is 77.4. The van der Waals surface area contributed by atoms with Crippen molar-refractivity contribution in [2.75, 3.05) is 19.8 Å². The molecule has 1 saturated carbocycles. The number of hydrogen-bond donors (Lipinski definition) is 0. The molecule has 1 aliphatic rings. The van der Waals surface area contributed by atoms with Gasteiger partial charge >= 0.3 is 6.18 Å². The highest BCUT2D eigenvalue weighted by atomic mass is 32.1. The molecule has 31 heavy (non-hydrogen) atoms. The van der Waals surface area contributed by atoms with Gasteiger partial charge in [-0.05, 0) is 30.7 Å². The summed E-state index contributed by atoms with van der Waals surface area (Å²) in [6, 6.07) is 3.30. The van der Waals surface area contributed by atoms with Crippen molar-refractivity contribution in [1.82, 2.24) is 9.97 Å². The van der Waals surface area contributed by atoms with Crippen LogP contribution in [0, 0.1) is 11.8 Å². The molecule has 2 heterocycles. The number of Topliss-reactive ketones (excluding diaryl/α,β-unsaturated/α-hetero) is 1. The van der Waals surface area contributed by atoms with Crippen LogP contribution < -0.4 is 9.47 Å². The van der Waals surface area contributed by atoms with Crippen LogP contribution >= 0.6 is 11.3 Å². The molecule has 172 valence electrons. The first kappa shape index (κ1) is 23.6. The predicted octanol–water partition coefficient (Wildman–Crippen LogP) is 4.67. The molecule has 0 unspecified atom stereocenters. The summed E-state index contributed by atoms with van der Waals surface area (Å²) in [7, 11) is 0. The third kappa shape index (κ3) is 6.96. The van der Waals surface area contributed by atoms with Crippen LogP contribution in [0.15, 0.2) is 12.1 Å². The van der Waals surface area contributed by atoms with E-state index < -0.39 is 37.3 Å². The highest BCUT2D eigenvalue weighted by Gasteiger charge is 2.39. The Morgan fingerprint density at radius 1 is 1.19 bits per heavy atom. The number of halogens is 5. The minimum absolute atomic E-state index is 0.0662. The fourth-order valence-electron chi connectivity index (χ4n) is 3.00. The van der Waals surface area contributed by atoms with Gasteiger partial charge in [0.1, 0.15) is 5.52 Å². The molecule has 2 aromatic heterocycles. The number of thiazole rings is 1. The smallest absolute Gasteiger partial charge is 0.449 e. The molecule has 1 atom stereocenters. The van der Waals surface area contributed by atoms with E-state index in [1.807, 2.05) is 0 Å². The quantitative estimate of drug-likeness (QED) is 0.447. The molecule has 1 fully saturated rings. The van der Waals surface area contributed by atoms with Gasteiger partial charge in [-0.3, -0.25) is 4.79 Å². The maximum atomic E-state index is 12.3. The minimum atomic E-state index is -4.80. The molecule has 0 saturated heterocycles. The van der Waals surface area contributed by atoms with Gasteiger partial charge in [0, 0.05) is 19.1 Å². The van der Waals surface area contributed by atoms with Gasteiger partial charge in [-0.15, -0.1) is 0 Å². The van der Waals surface area contributed by atoms with E-state index in [2.05, 4.69) is 9.97 Å². The van der Waals surface area contributed by atoms with E-state index in [0.29, 0.717) is 35.7 Å². The van der Waals surface area contributed by atoms with Crippen molar-refractivity contribution < 1.29 is 41.0 Å². The first-order valence-electron chi connectivity index (χ1n) is 9.63. The van der Waals surface area contributed by atoms with Crippen LogP contribution in [0.2, 0.25) is 0 Å². The van der Waals surface area contributed by atoms with Gasteiger partial charge in [-0.1, -0.05) is 18.3 Å². The third-order valence-electron chi connectivity index (χ3n) is 4.67. The van der Waals surface area contributed by atoms with Gasteiger partial charge in [-0.2, -0.15) is 13.2 Å². The fourth-order valence-corrected chi connectivity index (χ4v) is 3.79. The van der Waals surface area contributed by atoms with E-state index in [0.717, 1.165) is 11.3 Å². The molecule has 0 spiro atoms. The van der Waals surface area contributed by atoms with Gasteiger partial charge in [0.2, 0.25) is 11.7 Å². The first-order valence-corrected chi connectivity index (χ1v) is 10.4. The molecule has 0 amide bonds. The van der Waals surface area contributed by atoms with E-state index >= 15 is 0 Å². The standard InChI is InChI=1S/C19H21F5N2O4S/c1-10(4-14(27)19(22,23)24)7-28-12-5-11(6-12)8-29-16-3-2-13-17(26-16)31-18(25-13)30-9-15(20)21/h2-3,10-12,15H,4-9H2,1H3/t10-,11?,12?/m1/s1. The summed E-state index contributed by atoms with van der Waals surface area (Å²) in [5.74, 6) is -1.64. The highest BCUT2D eigenvalue weighted by molar-refractivity contribution is 7.19. The number of fused-ring (bicyclic) bond motifs is 1. The van der Waals surface area contributed by atoms with Crippen LogP contribution in [-0.2, 0) is 9.53 Å². The van der Waals surface area contributed by atoms with Crippen molar-refractivity contribution in [3.8, 4) is 11.1 Å². The monoisotopic (exact) mass is 468 g/mol. The second kappa shape index (κ2) is 10.0. The Kier molecular flexibility index (Phi) is 7.63. The van der Waals surface area contributed by atoms with Crippen molar-refractivity contribution >= 4 is 27.5 Å². The Bertz CT molecular complexity index is 886. The lowest BCUT2D eigenvalue weighted by molar-refractivity contribution is -0.172. The van der Waals surface area contributed by atoms with Gasteiger partial charge in [0.25, 0.3) is 11.6 Å². The van der Waals surface area contributed by atoms with Crippen LogP contribution in [0.1, 0.15) is 26.2 Å². The lowest BCUT2D eigenvalue weighted by atomic mass is 9.83. The van der Waals surface area contributed by atoms with Crippen molar-refractivity contribution in [2.45, 2.75) is 44.9 Å². The average Bonchev–Trinajstić information content (AvgIpc) is 3.06. The second-order valence-electron chi connectivity index (χ2n) is 7.49. The molecule has 1 aliphatic carbocycles. The zero-order valence-corrected chi connectivity index (χ0v) is 17.3. The Labute approximate surface area is 178 Å². The van der Waals surface area contributed by atoms with Crippen molar-refractivity contribution in [1.29, 1.82) is 0 Å². The number of aromatic nitrogens is 2. The van der Waals surface area contributed by atoms with Crippen LogP contribution in [0.25, 0.3) is 10.3 Å². The largest absolute Gasteiger partial charge is 0.477 e. The molecule has 0 aliphatic heterocycles. The Morgan fingerprint density at radius 2 is 1.94 bits per heavy atom. The van der Waals surface area contributed by atoms with Crippen LogP contribution in [-0.4, -0.2) is 54.3 Å². The maximum Gasteiger partial charge on any atom is 0.449 e. The lowest BCUT2D eigenvalue weighted by Gasteiger charge is -2.35. The Hall–Kier alpha value is -2.08. The van der Waals surface area contributed by atoms with E-state index in [1.165, 1.54) is 0 Å². The number of hydrogen-bond acceptors (Lipinski definition) is 7. The number of ketones is 1. The second-order valence-corrected chi connectivity index (χ2v) is 8.43. The number of nitrogens with zero attached hydrogens (tertiary/aromatic N) is 2. The van der Waals surface area contributed by atoms with Crippen molar-refractivity contribution in [2.24, 2.45) is 11.8 Å². The molecule has 0 radical (unpaired) electrons. The van der Waals surface area contributed by atoms with E-state index in [9.17, 15) is 26.7 Å². The number of carbonyl (C=O) groups excluding carboxylic acids is 1. The number of ether oxygens (including phenoxy) is 3. The zero-order chi connectivity index (χ0) is 22.6. The Morgan fingerprint density at radius 3 is 2.61 bits per heavy atom. The summed E-state index contributed by atoms with van der Waals surface area (Å²) >= 11 is 1.05. The highest BCUT2D eigenvalue weighted by Crippen LogP contribution is 2.32. The summed E-state index contributed by atoms with van der Waals surface area (Å²) in [6.45, 7) is 1.31. The Balaban J connectivity index is 1.36. The van der Waals surface area contributed by atoms with Gasteiger partial charge < -0.3 is 14.2 Å². The van der Waals surface area contributed by atoms with Gasteiger partial charge in [0.05, 0.1) is 12.7 Å². The van der Waals surface area contributed by atoms with Crippen LogP contribution in [0.4, 0.5) is 22.0 Å². The molecular weight excluding hydrogens is 447 g/mol. The lowest BCUT2D eigenvalue weighted by Crippen LogP contribution is -2.36. The fraction of sp³-hybridized carbons (Fsp3) is 0.632. The SMILES string of the molecule is C[C@@H](COC1CC(COc2ccc3nc(OCC(F)F)sc3n2)C1)CC(=O)C(F)(F)F. The molecular formula is C19H21F5N2O4S. The molecule has 0 bridgehead atoms. The van der Waals surface area contributed by atoms with Crippen LogP contribution in [0.5, 0.6) is 11.1 Å². The van der Waals surface area contributed by atoms with Crippen molar-refractivity contribution in [3.05, 3.63) is 12.1 Å². The zero-order valence-electron chi connectivity index (χ0n) is 16.5. The number of rotatable bonds is 11. The van der Waals surface area contributed by atoms with Gasteiger partial charge in [-0.25, -0.2) is 18.7 Å². The van der Waals surface area contributed by atoms with E-state index in [-0.39, 0.29) is 23.8 Å².